The topological polar surface area (TPSA) is 71.8 Å². The molecule has 0 atom stereocenters. The van der Waals surface area contributed by atoms with Crippen LogP contribution < -0.4 is 11.3 Å². The fourth-order valence-corrected chi connectivity index (χ4v) is 2.41. The first-order valence-electron chi connectivity index (χ1n) is 5.54. The Bertz CT molecular complexity index is 504. The van der Waals surface area contributed by atoms with Gasteiger partial charge in [-0.15, -0.1) is 0 Å². The lowest BCUT2D eigenvalue weighted by Gasteiger charge is -2.13. The average molecular weight is 217 g/mol. The van der Waals surface area contributed by atoms with E-state index < -0.39 is 0 Å². The maximum Gasteiger partial charge on any atom is 0.270 e. The Hall–Kier alpha value is -1.76. The van der Waals surface area contributed by atoms with Gasteiger partial charge >= 0.3 is 0 Å². The minimum absolute atomic E-state index is 0.267. The van der Waals surface area contributed by atoms with Crippen molar-refractivity contribution in [2.75, 3.05) is 5.73 Å². The molecule has 4 heteroatoms. The smallest absolute Gasteiger partial charge is 0.270 e. The summed E-state index contributed by atoms with van der Waals surface area (Å²) in [6.07, 6.45) is 4.46. The fraction of sp³-hybridized carbons (Fsp3) is 0.500. The van der Waals surface area contributed by atoms with Crippen molar-refractivity contribution in [2.24, 2.45) is 7.05 Å². The van der Waals surface area contributed by atoms with Crippen molar-refractivity contribution < 1.29 is 0 Å². The number of hydrogen-bond acceptors (Lipinski definition) is 3. The summed E-state index contributed by atoms with van der Waals surface area (Å²) in [5.41, 5.74) is 6.61. The number of nitrogens with two attached hydrogens (primary N) is 1. The number of anilines is 1. The van der Waals surface area contributed by atoms with Crippen LogP contribution in [0.15, 0.2) is 10.9 Å². The van der Waals surface area contributed by atoms with Crippen LogP contribution in [0.2, 0.25) is 0 Å². The molecule has 0 amide bonds. The van der Waals surface area contributed by atoms with Crippen LogP contribution in [0.3, 0.4) is 0 Å². The number of nitrogens with zero attached hydrogens (tertiary/aromatic N) is 2. The van der Waals surface area contributed by atoms with E-state index in [0.717, 1.165) is 18.4 Å². The minimum Gasteiger partial charge on any atom is -0.385 e. The highest BCUT2D eigenvalue weighted by atomic mass is 16.1. The number of rotatable bonds is 1. The van der Waals surface area contributed by atoms with Crippen molar-refractivity contribution in [3.05, 3.63) is 27.5 Å². The van der Waals surface area contributed by atoms with E-state index in [0.29, 0.717) is 11.7 Å². The summed E-state index contributed by atoms with van der Waals surface area (Å²) in [5, 5.41) is 9.07. The van der Waals surface area contributed by atoms with Crippen LogP contribution in [-0.4, -0.2) is 4.57 Å². The zero-order chi connectivity index (χ0) is 11.7. The molecule has 0 radical (unpaired) electrons. The second-order valence-corrected chi connectivity index (χ2v) is 4.36. The summed E-state index contributed by atoms with van der Waals surface area (Å²) < 4.78 is 1.33. The van der Waals surface area contributed by atoms with Gasteiger partial charge in [-0.25, -0.2) is 0 Å². The second kappa shape index (κ2) is 4.01. The van der Waals surface area contributed by atoms with Crippen LogP contribution in [0, 0.1) is 11.3 Å². The molecule has 0 unspecified atom stereocenters. The largest absolute Gasteiger partial charge is 0.385 e. The Kier molecular flexibility index (Phi) is 2.69. The lowest BCUT2D eigenvalue weighted by Crippen LogP contribution is -2.24. The van der Waals surface area contributed by atoms with Crippen LogP contribution >= 0.6 is 0 Å². The van der Waals surface area contributed by atoms with Crippen molar-refractivity contribution >= 4 is 5.82 Å². The fourth-order valence-electron chi connectivity index (χ4n) is 2.41. The molecule has 1 heterocycles. The summed E-state index contributed by atoms with van der Waals surface area (Å²) >= 11 is 0. The molecule has 2 rings (SSSR count). The predicted octanol–water partition coefficient (Wildman–Crippen LogP) is 1.50. The van der Waals surface area contributed by atoms with Crippen LogP contribution in [0.4, 0.5) is 5.82 Å². The molecule has 16 heavy (non-hydrogen) atoms. The van der Waals surface area contributed by atoms with Gasteiger partial charge < -0.3 is 5.73 Å². The monoisotopic (exact) mass is 217 g/mol. The Balaban J connectivity index is 2.61. The van der Waals surface area contributed by atoms with Gasteiger partial charge in [0.2, 0.25) is 0 Å². The molecule has 0 bridgehead atoms. The minimum atomic E-state index is -0.274. The second-order valence-electron chi connectivity index (χ2n) is 4.36. The van der Waals surface area contributed by atoms with Crippen LogP contribution in [0.25, 0.3) is 0 Å². The first-order valence-corrected chi connectivity index (χ1v) is 5.54. The molecule has 84 valence electrons. The summed E-state index contributed by atoms with van der Waals surface area (Å²) in [5.74, 6) is 0.775. The summed E-state index contributed by atoms with van der Waals surface area (Å²) in [4.78, 5) is 11.9. The maximum absolute atomic E-state index is 11.9. The molecule has 1 fully saturated rings. The standard InChI is InChI=1S/C12H15N3O/c1-15-11(14)6-9(8-4-2-3-5-8)10(7-13)12(15)16/h6,8H,2-5,14H2,1H3. The molecule has 1 saturated carbocycles. The van der Waals surface area contributed by atoms with Gasteiger partial charge in [0.1, 0.15) is 17.5 Å². The van der Waals surface area contributed by atoms with Gasteiger partial charge in [-0.2, -0.15) is 5.26 Å². The number of aromatic nitrogens is 1. The van der Waals surface area contributed by atoms with E-state index in [1.54, 1.807) is 13.1 Å². The number of pyridine rings is 1. The molecule has 0 aromatic carbocycles. The quantitative estimate of drug-likeness (QED) is 0.774. The molecule has 0 saturated heterocycles. The third-order valence-corrected chi connectivity index (χ3v) is 3.40. The van der Waals surface area contributed by atoms with Crippen molar-refractivity contribution in [2.45, 2.75) is 31.6 Å². The maximum atomic E-state index is 11.9. The molecule has 1 aromatic rings. The first-order chi connectivity index (χ1) is 7.65. The van der Waals surface area contributed by atoms with Gasteiger partial charge in [0, 0.05) is 7.05 Å². The van der Waals surface area contributed by atoms with E-state index in [2.05, 4.69) is 0 Å². The number of nitriles is 1. The number of nitrogen functional groups attached to an aromatic ring is 1. The number of hydrogen-bond donors (Lipinski definition) is 1. The lowest BCUT2D eigenvalue weighted by molar-refractivity contribution is 0.711. The first kappa shape index (κ1) is 10.7. The highest BCUT2D eigenvalue weighted by molar-refractivity contribution is 5.46. The SMILES string of the molecule is Cn1c(N)cc(C2CCCC2)c(C#N)c1=O. The zero-order valence-corrected chi connectivity index (χ0v) is 9.36. The molecule has 1 aromatic heterocycles. The van der Waals surface area contributed by atoms with E-state index in [1.807, 2.05) is 6.07 Å². The molecule has 1 aliphatic carbocycles. The molecular weight excluding hydrogens is 202 g/mol. The third-order valence-electron chi connectivity index (χ3n) is 3.40. The Morgan fingerprint density at radius 3 is 2.69 bits per heavy atom. The van der Waals surface area contributed by atoms with Gasteiger partial charge in [-0.05, 0) is 30.4 Å². The molecule has 4 nitrogen and oxygen atoms in total. The van der Waals surface area contributed by atoms with Gasteiger partial charge in [-0.1, -0.05) is 12.8 Å². The highest BCUT2D eigenvalue weighted by Gasteiger charge is 2.22. The van der Waals surface area contributed by atoms with Crippen LogP contribution in [-0.2, 0) is 7.05 Å². The van der Waals surface area contributed by atoms with Gasteiger partial charge in [-0.3, -0.25) is 9.36 Å². The van der Waals surface area contributed by atoms with Crippen molar-refractivity contribution in [1.29, 1.82) is 5.26 Å². The Morgan fingerprint density at radius 2 is 2.12 bits per heavy atom. The highest BCUT2D eigenvalue weighted by Crippen LogP contribution is 2.35. The van der Waals surface area contributed by atoms with Crippen LogP contribution in [0.1, 0.15) is 42.7 Å². The lowest BCUT2D eigenvalue weighted by atomic mass is 9.94. The normalized spacial score (nSPS) is 16.2. The van der Waals surface area contributed by atoms with Crippen molar-refractivity contribution in [1.82, 2.24) is 4.57 Å². The van der Waals surface area contributed by atoms with E-state index in [-0.39, 0.29) is 11.1 Å². The third kappa shape index (κ3) is 1.58. The summed E-state index contributed by atoms with van der Waals surface area (Å²) in [6, 6.07) is 3.81. The summed E-state index contributed by atoms with van der Waals surface area (Å²) in [6.45, 7) is 0. The van der Waals surface area contributed by atoms with E-state index in [1.165, 1.54) is 17.4 Å². The zero-order valence-electron chi connectivity index (χ0n) is 9.36. The van der Waals surface area contributed by atoms with Gasteiger partial charge in [0.05, 0.1) is 0 Å². The molecule has 2 N–H and O–H groups in total. The molecule has 0 aliphatic heterocycles. The summed E-state index contributed by atoms with van der Waals surface area (Å²) in [7, 11) is 1.59. The van der Waals surface area contributed by atoms with E-state index >= 15 is 0 Å². The molecule has 1 aliphatic rings. The Labute approximate surface area is 94.3 Å². The molecular formula is C12H15N3O. The van der Waals surface area contributed by atoms with E-state index in [4.69, 9.17) is 11.0 Å². The van der Waals surface area contributed by atoms with Crippen molar-refractivity contribution in [3.8, 4) is 6.07 Å². The van der Waals surface area contributed by atoms with Crippen molar-refractivity contribution in [3.63, 3.8) is 0 Å². The average Bonchev–Trinajstić information content (AvgIpc) is 2.79. The van der Waals surface area contributed by atoms with Gasteiger partial charge in [0.15, 0.2) is 0 Å². The van der Waals surface area contributed by atoms with Crippen LogP contribution in [0.5, 0.6) is 0 Å². The Morgan fingerprint density at radius 1 is 1.50 bits per heavy atom. The predicted molar refractivity (Wildman–Crippen MR) is 62.0 cm³/mol. The van der Waals surface area contributed by atoms with Gasteiger partial charge in [0.25, 0.3) is 5.56 Å². The molecule has 0 spiro atoms. The van der Waals surface area contributed by atoms with E-state index in [9.17, 15) is 4.79 Å².